The number of nitro groups is 1. The van der Waals surface area contributed by atoms with Gasteiger partial charge >= 0.3 is 5.97 Å². The highest BCUT2D eigenvalue weighted by Crippen LogP contribution is 2.31. The molecule has 1 aromatic carbocycles. The number of nitrogens with zero attached hydrogens (tertiary/aromatic N) is 3. The van der Waals surface area contributed by atoms with Gasteiger partial charge in [0.2, 0.25) is 5.91 Å². The Bertz CT molecular complexity index is 823. The van der Waals surface area contributed by atoms with Crippen LogP contribution in [0.1, 0.15) is 42.7 Å². The van der Waals surface area contributed by atoms with Crippen LogP contribution in [0.15, 0.2) is 42.6 Å². The molecule has 0 atom stereocenters. The minimum absolute atomic E-state index is 0.0506. The van der Waals surface area contributed by atoms with E-state index < -0.39 is 10.9 Å². The van der Waals surface area contributed by atoms with Crippen LogP contribution in [-0.4, -0.2) is 28.4 Å². The lowest BCUT2D eigenvalue weighted by Gasteiger charge is -2.22. The minimum atomic E-state index is -0.602. The van der Waals surface area contributed by atoms with Crippen LogP contribution in [0.5, 0.6) is 0 Å². The number of nitro benzene ring substituents is 1. The Labute approximate surface area is 156 Å². The quantitative estimate of drug-likeness (QED) is 0.400. The van der Waals surface area contributed by atoms with E-state index in [1.54, 1.807) is 31.3 Å². The molecule has 0 bridgehead atoms. The highest BCUT2D eigenvalue weighted by Gasteiger charge is 2.26. The predicted molar refractivity (Wildman–Crippen MR) is 99.4 cm³/mol. The van der Waals surface area contributed by atoms with Gasteiger partial charge in [0.05, 0.1) is 29.3 Å². The Hall–Kier alpha value is -3.29. The number of amides is 1. The molecule has 0 N–H and O–H groups in total. The van der Waals surface area contributed by atoms with Gasteiger partial charge in [-0.1, -0.05) is 13.0 Å². The normalized spacial score (nSPS) is 10.3. The monoisotopic (exact) mass is 371 g/mol. The molecule has 1 amide bonds. The van der Waals surface area contributed by atoms with Gasteiger partial charge in [-0.3, -0.25) is 19.9 Å². The van der Waals surface area contributed by atoms with Gasteiger partial charge in [-0.05, 0) is 37.6 Å². The molecule has 0 saturated heterocycles. The smallest absolute Gasteiger partial charge is 0.338 e. The standard InChI is InChI=1S/C19H21N3O5/c1-3-7-18(23)21(13-15-8-5-6-11-20-15)17-12-14(19(24)27-4-2)9-10-16(17)22(25)26/h5-6,8-12H,3-4,7,13H2,1-2H3. The summed E-state index contributed by atoms with van der Waals surface area (Å²) >= 11 is 0. The van der Waals surface area contributed by atoms with Gasteiger partial charge in [-0.15, -0.1) is 0 Å². The fraction of sp³-hybridized carbons (Fsp3) is 0.316. The number of hydrogen-bond acceptors (Lipinski definition) is 6. The molecular formula is C19H21N3O5. The number of benzene rings is 1. The van der Waals surface area contributed by atoms with Crippen LogP contribution in [0.25, 0.3) is 0 Å². The maximum atomic E-state index is 12.7. The highest BCUT2D eigenvalue weighted by molar-refractivity contribution is 5.98. The summed E-state index contributed by atoms with van der Waals surface area (Å²) in [7, 11) is 0. The van der Waals surface area contributed by atoms with Crippen molar-refractivity contribution in [3.05, 3.63) is 64.0 Å². The summed E-state index contributed by atoms with van der Waals surface area (Å²) < 4.78 is 4.96. The summed E-state index contributed by atoms with van der Waals surface area (Å²) in [5.41, 5.74) is 0.517. The largest absolute Gasteiger partial charge is 0.462 e. The molecule has 8 nitrogen and oxygen atoms in total. The zero-order valence-electron chi connectivity index (χ0n) is 15.3. The van der Waals surface area contributed by atoms with E-state index in [2.05, 4.69) is 4.98 Å². The number of anilines is 1. The fourth-order valence-corrected chi connectivity index (χ4v) is 2.55. The maximum Gasteiger partial charge on any atom is 0.338 e. The number of carbonyl (C=O) groups is 2. The maximum absolute atomic E-state index is 12.7. The second-order valence-electron chi connectivity index (χ2n) is 5.73. The number of ether oxygens (including phenoxy) is 1. The van der Waals surface area contributed by atoms with Crippen molar-refractivity contribution in [1.82, 2.24) is 4.98 Å². The summed E-state index contributed by atoms with van der Waals surface area (Å²) in [5.74, 6) is -0.887. The third kappa shape index (κ3) is 5.10. The van der Waals surface area contributed by atoms with Crippen LogP contribution >= 0.6 is 0 Å². The number of carbonyl (C=O) groups excluding carboxylic acids is 2. The highest BCUT2D eigenvalue weighted by atomic mass is 16.6. The summed E-state index contributed by atoms with van der Waals surface area (Å²) in [6.07, 6.45) is 2.39. The van der Waals surface area contributed by atoms with Crippen LogP contribution < -0.4 is 4.90 Å². The number of aromatic nitrogens is 1. The van der Waals surface area contributed by atoms with Crippen molar-refractivity contribution in [3.8, 4) is 0 Å². The van der Waals surface area contributed by atoms with Crippen molar-refractivity contribution in [2.24, 2.45) is 0 Å². The van der Waals surface area contributed by atoms with Crippen molar-refractivity contribution in [1.29, 1.82) is 0 Å². The molecule has 1 heterocycles. The Balaban J connectivity index is 2.53. The van der Waals surface area contributed by atoms with Crippen LogP contribution in [0.2, 0.25) is 0 Å². The molecule has 0 unspecified atom stereocenters. The van der Waals surface area contributed by atoms with Crippen LogP contribution in [0.4, 0.5) is 11.4 Å². The Morgan fingerprint density at radius 3 is 2.59 bits per heavy atom. The molecule has 8 heteroatoms. The van der Waals surface area contributed by atoms with Gasteiger partial charge in [-0.2, -0.15) is 0 Å². The summed E-state index contributed by atoms with van der Waals surface area (Å²) in [5, 5.41) is 11.5. The molecule has 2 aromatic rings. The van der Waals surface area contributed by atoms with Gasteiger partial charge in [0.15, 0.2) is 0 Å². The number of hydrogen-bond donors (Lipinski definition) is 0. The van der Waals surface area contributed by atoms with Crippen molar-refractivity contribution in [3.63, 3.8) is 0 Å². The molecule has 0 saturated carbocycles. The van der Waals surface area contributed by atoms with Crippen molar-refractivity contribution >= 4 is 23.3 Å². The van der Waals surface area contributed by atoms with Gasteiger partial charge in [-0.25, -0.2) is 4.79 Å². The van der Waals surface area contributed by atoms with Gasteiger partial charge in [0.25, 0.3) is 5.69 Å². The van der Waals surface area contributed by atoms with E-state index in [1.165, 1.54) is 23.1 Å². The van der Waals surface area contributed by atoms with Crippen molar-refractivity contribution in [2.45, 2.75) is 33.2 Å². The SMILES string of the molecule is CCCC(=O)N(Cc1ccccn1)c1cc(C(=O)OCC)ccc1[N+](=O)[O-]. The fourth-order valence-electron chi connectivity index (χ4n) is 2.55. The molecule has 0 radical (unpaired) electrons. The molecule has 2 rings (SSSR count). The van der Waals surface area contributed by atoms with E-state index in [0.717, 1.165) is 0 Å². The van der Waals surface area contributed by atoms with E-state index in [-0.39, 0.29) is 42.4 Å². The second-order valence-corrected chi connectivity index (χ2v) is 5.73. The summed E-state index contributed by atoms with van der Waals surface area (Å²) in [4.78, 5) is 41.2. The first-order valence-electron chi connectivity index (χ1n) is 8.63. The van der Waals surface area contributed by atoms with E-state index in [0.29, 0.717) is 12.1 Å². The molecule has 142 valence electrons. The van der Waals surface area contributed by atoms with Crippen molar-refractivity contribution in [2.75, 3.05) is 11.5 Å². The van der Waals surface area contributed by atoms with Gasteiger partial charge in [0, 0.05) is 18.7 Å². The van der Waals surface area contributed by atoms with Crippen LogP contribution in [0.3, 0.4) is 0 Å². The lowest BCUT2D eigenvalue weighted by molar-refractivity contribution is -0.384. The molecule has 0 fully saturated rings. The zero-order chi connectivity index (χ0) is 19.8. The first-order valence-corrected chi connectivity index (χ1v) is 8.63. The van der Waals surface area contributed by atoms with Gasteiger partial charge < -0.3 is 9.64 Å². The molecule has 0 aliphatic carbocycles. The molecule has 0 spiro atoms. The molecular weight excluding hydrogens is 350 g/mol. The molecule has 1 aromatic heterocycles. The third-order valence-electron chi connectivity index (χ3n) is 3.79. The molecule has 27 heavy (non-hydrogen) atoms. The summed E-state index contributed by atoms with van der Waals surface area (Å²) in [6.45, 7) is 3.76. The third-order valence-corrected chi connectivity index (χ3v) is 3.79. The summed E-state index contributed by atoms with van der Waals surface area (Å²) in [6, 6.07) is 9.11. The Morgan fingerprint density at radius 1 is 1.22 bits per heavy atom. The minimum Gasteiger partial charge on any atom is -0.462 e. The number of rotatable bonds is 8. The first kappa shape index (κ1) is 20.0. The predicted octanol–water partition coefficient (Wildman–Crippen LogP) is 3.50. The second kappa shape index (κ2) is 9.42. The molecule has 0 aliphatic rings. The lowest BCUT2D eigenvalue weighted by atomic mass is 10.1. The van der Waals surface area contributed by atoms with Crippen LogP contribution in [-0.2, 0) is 16.1 Å². The number of esters is 1. The first-order chi connectivity index (χ1) is 13.0. The zero-order valence-corrected chi connectivity index (χ0v) is 15.3. The van der Waals surface area contributed by atoms with E-state index in [9.17, 15) is 19.7 Å². The lowest BCUT2D eigenvalue weighted by Crippen LogP contribution is -2.31. The Morgan fingerprint density at radius 2 is 2.00 bits per heavy atom. The molecule has 0 aliphatic heterocycles. The average Bonchev–Trinajstić information content (AvgIpc) is 2.66. The van der Waals surface area contributed by atoms with E-state index in [1.807, 2.05) is 6.92 Å². The topological polar surface area (TPSA) is 103 Å². The number of pyridine rings is 1. The van der Waals surface area contributed by atoms with Crippen LogP contribution in [0, 0.1) is 10.1 Å². The van der Waals surface area contributed by atoms with E-state index >= 15 is 0 Å². The van der Waals surface area contributed by atoms with Gasteiger partial charge in [0.1, 0.15) is 5.69 Å². The average molecular weight is 371 g/mol. The Kier molecular flexibility index (Phi) is 6.99. The van der Waals surface area contributed by atoms with Crippen molar-refractivity contribution < 1.29 is 19.2 Å². The van der Waals surface area contributed by atoms with E-state index in [4.69, 9.17) is 4.74 Å².